The Morgan fingerprint density at radius 3 is 0.966 bits per heavy atom. The Labute approximate surface area is 761 Å². The second kappa shape index (κ2) is 66.3. The maximum atomic E-state index is 11.2. The van der Waals surface area contributed by atoms with Gasteiger partial charge < -0.3 is 59.5 Å². The third-order valence-corrected chi connectivity index (χ3v) is 84.6. The van der Waals surface area contributed by atoms with Gasteiger partial charge in [-0.05, 0) is 348 Å². The van der Waals surface area contributed by atoms with Crippen molar-refractivity contribution in [3.8, 4) is 0 Å². The van der Waals surface area contributed by atoms with Gasteiger partial charge in [-0.2, -0.15) is 0 Å². The largest absolute Gasteiger partial charge is 0.463 e. The van der Waals surface area contributed by atoms with Gasteiger partial charge in [-0.15, -0.1) is 0 Å². The van der Waals surface area contributed by atoms with Crippen LogP contribution in [0.4, 0.5) is 0 Å². The van der Waals surface area contributed by atoms with Crippen LogP contribution in [0, 0.1) is 0 Å². The van der Waals surface area contributed by atoms with Crippen molar-refractivity contribution in [1.82, 2.24) is 0 Å². The summed E-state index contributed by atoms with van der Waals surface area (Å²) >= 11 is 0. The van der Waals surface area contributed by atoms with Gasteiger partial charge in [-0.25, -0.2) is 14.4 Å². The van der Waals surface area contributed by atoms with E-state index in [1.54, 1.807) is 20.8 Å². The minimum absolute atomic E-state index is 0.284. The standard InChI is InChI=1S/C21H46O3Si6.2C15H36O4Si4.C14H34O4Si4.C14H28O2Si4/c1-9-20-10-12-21(13-11-20)14-15-25-23-29(5,6)19-17-27-24-30(7,8)18-16-26-22-28(2,3)4;2*1-14(2)15(16)17-10-9-11-20-18-23(7,8)13-12-21(3)19-22(4,5)6;1-13(2)14(15)16-9-8-10-19-17-22(6,7)12-11-21(5)18-20(3)4;1-6-13-7-9-14(10-8-13)18-16-20(4,5)12-11-17-15-19(2)3/h9-13H,1,14-19,25-27H2,2-8H3;2*21H,1,9-13,20H2,2-8H3;20-21H,1,8-12,19H2,2-7H3;6-10,19H,1,11-12,17-18H2,2-5H3. The van der Waals surface area contributed by atoms with Gasteiger partial charge in [0.2, 0.25) is 0 Å². The Hall–Kier alpha value is -0.119. The molecule has 0 aromatic heterocycles. The molecule has 0 amide bonds. The summed E-state index contributed by atoms with van der Waals surface area (Å²) in [5, 5.41) is 1.39. The molecule has 686 valence electrons. The lowest BCUT2D eigenvalue weighted by molar-refractivity contribution is -0.139. The van der Waals surface area contributed by atoms with Crippen LogP contribution >= 0.6 is 0 Å². The second-order valence-electron chi connectivity index (χ2n) is 38.8. The number of rotatable bonds is 61. The first-order chi connectivity index (χ1) is 54.3. The van der Waals surface area contributed by atoms with Gasteiger partial charge in [0.1, 0.15) is 68.3 Å². The summed E-state index contributed by atoms with van der Waals surface area (Å²) in [7, 11) is -21.3. The van der Waals surface area contributed by atoms with Crippen molar-refractivity contribution < 1.29 is 73.9 Å². The number of carbonyl (C=O) groups is 3. The highest BCUT2D eigenvalue weighted by atomic mass is 28.4. The van der Waals surface area contributed by atoms with Crippen LogP contribution in [0.1, 0.15) is 56.7 Å². The van der Waals surface area contributed by atoms with Crippen molar-refractivity contribution in [2.24, 2.45) is 0 Å². The summed E-state index contributed by atoms with van der Waals surface area (Å²) in [4.78, 5) is 33.7. The highest BCUT2D eigenvalue weighted by molar-refractivity contribution is 6.82. The van der Waals surface area contributed by atoms with E-state index >= 15 is 0 Å². The van der Waals surface area contributed by atoms with Crippen LogP contribution in [-0.2, 0) is 80.3 Å². The number of carbonyl (C=O) groups excluding carboxylic acids is 3. The highest BCUT2D eigenvalue weighted by Crippen LogP contribution is 2.24. The summed E-state index contributed by atoms with van der Waals surface area (Å²) in [6.45, 7) is 89.4. The van der Waals surface area contributed by atoms with Crippen molar-refractivity contribution in [1.29, 1.82) is 0 Å². The molecule has 0 bridgehead atoms. The van der Waals surface area contributed by atoms with Gasteiger partial charge in [-0.3, -0.25) is 0 Å². The van der Waals surface area contributed by atoms with Gasteiger partial charge in [0, 0.05) is 16.7 Å². The molecule has 3 atom stereocenters. The zero-order valence-corrected chi connectivity index (χ0v) is 108. The summed E-state index contributed by atoms with van der Waals surface area (Å²) in [6.07, 6.45) is 7.64. The van der Waals surface area contributed by atoms with Crippen LogP contribution in [0.15, 0.2) is 98.1 Å². The summed E-state index contributed by atoms with van der Waals surface area (Å²) in [6, 6.07) is 36.9. The van der Waals surface area contributed by atoms with E-state index in [-0.39, 0.29) is 37.4 Å². The molecule has 2 rings (SSSR count). The van der Waals surface area contributed by atoms with Gasteiger partial charge in [0.25, 0.3) is 0 Å². The molecule has 0 aliphatic heterocycles. The molecular formula is C79H180O17Si22. The maximum Gasteiger partial charge on any atom is 0.333 e. The SMILES string of the molecule is C=C(C)C(=O)OCCC[SiH2]O[Si](C)(C)CC[SiH](C)O[SiH](C)C.C=C(C)C(=O)OCCC[SiH2]O[Si](C)(C)CC[SiH](C)O[Si](C)(C)C.C=C(C)C(=O)OCCC[SiH2]O[Si](C)(C)CC[SiH](C)O[Si](C)(C)C.C=Cc1ccc(CC[SiH2]O[Si](C)(C)CC[SiH2]O[Si](C)(C)CC[SiH2]O[Si](C)(C)C)cc1.C=Cc1ccc([SiH2]O[Si](C)(C)CC[SiH2]O[SiH](C)C)cc1. The Morgan fingerprint density at radius 2 is 0.653 bits per heavy atom. The van der Waals surface area contributed by atoms with Crippen molar-refractivity contribution in [3.05, 3.63) is 115 Å². The van der Waals surface area contributed by atoms with Crippen LogP contribution < -0.4 is 5.19 Å². The molecule has 3 unspecified atom stereocenters. The first kappa shape index (κ1) is 122. The fourth-order valence-electron chi connectivity index (χ4n) is 11.5. The minimum Gasteiger partial charge on any atom is -0.463 e. The average Bonchev–Trinajstić information content (AvgIpc) is 0.922. The lowest BCUT2D eigenvalue weighted by Gasteiger charge is -2.27. The van der Waals surface area contributed by atoms with E-state index in [0.29, 0.717) is 36.5 Å². The van der Waals surface area contributed by atoms with Gasteiger partial charge in [0.15, 0.2) is 130 Å². The van der Waals surface area contributed by atoms with E-state index in [9.17, 15) is 14.4 Å². The van der Waals surface area contributed by atoms with Gasteiger partial charge in [0.05, 0.1) is 19.8 Å². The Balaban J connectivity index is -0.00000141. The molecule has 0 spiro atoms. The summed E-state index contributed by atoms with van der Waals surface area (Å²) in [5.41, 5.74) is 5.19. The van der Waals surface area contributed by atoms with Crippen molar-refractivity contribution in [2.75, 3.05) is 19.8 Å². The zero-order valence-electron chi connectivity index (χ0n) is 81.6. The summed E-state index contributed by atoms with van der Waals surface area (Å²) in [5.74, 6) is -0.864. The number of benzene rings is 2. The number of hydrogen-bond acceptors (Lipinski definition) is 17. The predicted octanol–water partition coefficient (Wildman–Crippen LogP) is 15.9. The molecule has 0 saturated carbocycles. The number of aryl methyl sites for hydroxylation is 1. The number of hydrogen-bond donors (Lipinski definition) is 0. The van der Waals surface area contributed by atoms with Crippen LogP contribution in [0.25, 0.3) is 12.2 Å². The van der Waals surface area contributed by atoms with Crippen LogP contribution in [0.2, 0.25) is 280 Å². The van der Waals surface area contributed by atoms with Gasteiger partial charge >= 0.3 is 17.9 Å². The fourth-order valence-corrected chi connectivity index (χ4v) is 78.9. The Bertz CT molecular complexity index is 2970. The monoisotopic (exact) mass is 2020 g/mol. The molecule has 2 aromatic rings. The maximum absolute atomic E-state index is 11.2. The van der Waals surface area contributed by atoms with E-state index in [1.807, 2.05) is 12.2 Å². The number of ether oxygens (including phenoxy) is 3. The average molecular weight is 2020 g/mol. The minimum atomic E-state index is -1.53. The second-order valence-corrected chi connectivity index (χ2v) is 108. The quantitative estimate of drug-likeness (QED) is 0.0200. The van der Waals surface area contributed by atoms with Crippen molar-refractivity contribution >= 4 is 233 Å². The fraction of sp³-hybridized carbons (Fsp3) is 0.684. The molecule has 2 aromatic carbocycles. The molecule has 39 heteroatoms. The molecule has 17 nitrogen and oxygen atoms in total. The van der Waals surface area contributed by atoms with Crippen LogP contribution in [-0.4, -0.2) is 236 Å². The van der Waals surface area contributed by atoms with E-state index < -0.39 is 179 Å². The molecule has 0 N–H and O–H groups in total. The Morgan fingerprint density at radius 1 is 0.356 bits per heavy atom. The predicted molar refractivity (Wildman–Crippen MR) is 576 cm³/mol. The number of esters is 3. The normalized spacial score (nSPS) is 13.9. The van der Waals surface area contributed by atoms with Crippen LogP contribution in [0.5, 0.6) is 0 Å². The van der Waals surface area contributed by atoms with E-state index in [2.05, 4.69) is 265 Å². The molecule has 0 aliphatic carbocycles. The molecule has 118 heavy (non-hydrogen) atoms. The third-order valence-electron chi connectivity index (χ3n) is 18.3. The zero-order chi connectivity index (χ0) is 91.1. The van der Waals surface area contributed by atoms with E-state index in [4.69, 9.17) is 59.5 Å². The van der Waals surface area contributed by atoms with E-state index in [1.165, 1.54) is 100 Å². The Kier molecular flexibility index (Phi) is 68.5. The lowest BCUT2D eigenvalue weighted by Crippen LogP contribution is -2.37. The molecule has 0 fully saturated rings. The van der Waals surface area contributed by atoms with Crippen molar-refractivity contribution in [2.45, 2.75) is 326 Å². The first-order valence-electron chi connectivity index (χ1n) is 44.4. The van der Waals surface area contributed by atoms with Crippen LogP contribution in [0.3, 0.4) is 0 Å². The molecule has 0 heterocycles. The summed E-state index contributed by atoms with van der Waals surface area (Å²) < 4.78 is 83.8. The van der Waals surface area contributed by atoms with E-state index in [0.717, 1.165) is 43.8 Å². The lowest BCUT2D eigenvalue weighted by atomic mass is 10.1. The first-order valence-corrected chi connectivity index (χ1v) is 98.5. The smallest absolute Gasteiger partial charge is 0.333 e. The highest BCUT2D eigenvalue weighted by Gasteiger charge is 2.30. The molecular weight excluding hydrogens is 1840 g/mol. The van der Waals surface area contributed by atoms with Gasteiger partial charge in [-0.1, -0.05) is 93.6 Å². The van der Waals surface area contributed by atoms with Crippen molar-refractivity contribution in [3.63, 3.8) is 0 Å². The molecule has 0 saturated heterocycles. The molecule has 0 radical (unpaired) electrons. The topological polar surface area (TPSA) is 180 Å². The molecule has 0 aliphatic rings. The third kappa shape index (κ3) is 80.4.